The van der Waals surface area contributed by atoms with Gasteiger partial charge in [0.05, 0.1) is 6.26 Å². The molecular formula is C16H17F2N3O3S. The van der Waals surface area contributed by atoms with Crippen LogP contribution in [-0.2, 0) is 21.4 Å². The quantitative estimate of drug-likeness (QED) is 0.811. The van der Waals surface area contributed by atoms with E-state index in [1.807, 2.05) is 0 Å². The lowest BCUT2D eigenvalue weighted by molar-refractivity contribution is -0.116. The molecule has 0 aliphatic rings. The van der Waals surface area contributed by atoms with Crippen molar-refractivity contribution in [1.29, 1.82) is 0 Å². The monoisotopic (exact) mass is 369 g/mol. The first-order valence-electron chi connectivity index (χ1n) is 7.35. The van der Waals surface area contributed by atoms with Crippen LogP contribution in [0.2, 0.25) is 0 Å². The number of carbonyl (C=O) groups is 1. The molecule has 6 nitrogen and oxygen atoms in total. The molecular weight excluding hydrogens is 352 g/mol. The van der Waals surface area contributed by atoms with E-state index in [0.717, 1.165) is 22.7 Å². The molecule has 1 aromatic carbocycles. The Kier molecular flexibility index (Phi) is 6.16. The van der Waals surface area contributed by atoms with E-state index in [-0.39, 0.29) is 19.5 Å². The van der Waals surface area contributed by atoms with Crippen LogP contribution < -0.4 is 5.32 Å². The van der Waals surface area contributed by atoms with E-state index in [1.165, 1.54) is 12.3 Å². The number of anilines is 1. The molecule has 0 unspecified atom stereocenters. The molecule has 9 heteroatoms. The van der Waals surface area contributed by atoms with Gasteiger partial charge in [-0.2, -0.15) is 4.31 Å². The van der Waals surface area contributed by atoms with Crippen molar-refractivity contribution in [3.05, 3.63) is 59.9 Å². The topological polar surface area (TPSA) is 79.4 Å². The van der Waals surface area contributed by atoms with Gasteiger partial charge in [-0.25, -0.2) is 17.2 Å². The number of rotatable bonds is 7. The zero-order valence-corrected chi connectivity index (χ0v) is 14.3. The maximum absolute atomic E-state index is 13.5. The zero-order chi connectivity index (χ0) is 18.4. The third-order valence-corrected chi connectivity index (χ3v) is 4.62. The molecule has 1 aromatic heterocycles. The first kappa shape index (κ1) is 18.9. The number of nitrogens with one attached hydrogen (secondary N) is 1. The lowest BCUT2D eigenvalue weighted by Gasteiger charge is -2.19. The van der Waals surface area contributed by atoms with Crippen LogP contribution in [0, 0.1) is 11.6 Å². The van der Waals surface area contributed by atoms with Crippen LogP contribution in [0.15, 0.2) is 42.7 Å². The summed E-state index contributed by atoms with van der Waals surface area (Å²) in [6.45, 7) is -0.0797. The smallest absolute Gasteiger partial charge is 0.225 e. The molecule has 0 radical (unpaired) electrons. The average Bonchev–Trinajstić information content (AvgIpc) is 2.55. The standard InChI is InChI=1S/C16H17F2N3O3S/c1-25(23,24)21(11-12-4-3-8-19-10-12)9-7-15(22)20-16-13(17)5-2-6-14(16)18/h2-6,8,10H,7,9,11H2,1H3,(H,20,22). The van der Waals surface area contributed by atoms with E-state index in [9.17, 15) is 22.0 Å². The fraction of sp³-hybridized carbons (Fsp3) is 0.250. The van der Waals surface area contributed by atoms with Crippen molar-refractivity contribution >= 4 is 21.6 Å². The summed E-state index contributed by atoms with van der Waals surface area (Å²) >= 11 is 0. The van der Waals surface area contributed by atoms with Crippen LogP contribution in [0.4, 0.5) is 14.5 Å². The minimum Gasteiger partial charge on any atom is -0.321 e. The van der Waals surface area contributed by atoms with Crippen molar-refractivity contribution in [3.63, 3.8) is 0 Å². The largest absolute Gasteiger partial charge is 0.321 e. The number of para-hydroxylation sites is 1. The Bertz CT molecular complexity index is 825. The van der Waals surface area contributed by atoms with Crippen molar-refractivity contribution in [2.24, 2.45) is 0 Å². The maximum Gasteiger partial charge on any atom is 0.225 e. The van der Waals surface area contributed by atoms with Crippen LogP contribution in [-0.4, -0.2) is 36.4 Å². The van der Waals surface area contributed by atoms with Gasteiger partial charge in [0.25, 0.3) is 0 Å². The molecule has 0 saturated carbocycles. The van der Waals surface area contributed by atoms with Crippen LogP contribution in [0.1, 0.15) is 12.0 Å². The molecule has 25 heavy (non-hydrogen) atoms. The summed E-state index contributed by atoms with van der Waals surface area (Å²) in [5.41, 5.74) is 0.110. The summed E-state index contributed by atoms with van der Waals surface area (Å²) in [5.74, 6) is -2.49. The lowest BCUT2D eigenvalue weighted by atomic mass is 10.2. The van der Waals surface area contributed by atoms with E-state index in [4.69, 9.17) is 0 Å². The highest BCUT2D eigenvalue weighted by molar-refractivity contribution is 7.88. The summed E-state index contributed by atoms with van der Waals surface area (Å²) < 4.78 is 51.9. The number of sulfonamides is 1. The Morgan fingerprint density at radius 2 is 1.88 bits per heavy atom. The minimum atomic E-state index is -3.57. The molecule has 0 saturated heterocycles. The fourth-order valence-corrected chi connectivity index (χ4v) is 2.91. The number of hydrogen-bond donors (Lipinski definition) is 1. The van der Waals surface area contributed by atoms with Gasteiger partial charge in [0.1, 0.15) is 17.3 Å². The molecule has 1 N–H and O–H groups in total. The summed E-state index contributed by atoms with van der Waals surface area (Å²) in [6.07, 6.45) is 3.86. The third-order valence-electron chi connectivity index (χ3n) is 3.37. The second-order valence-corrected chi connectivity index (χ2v) is 7.34. The van der Waals surface area contributed by atoms with Gasteiger partial charge in [0, 0.05) is 31.9 Å². The van der Waals surface area contributed by atoms with Crippen LogP contribution in [0.25, 0.3) is 0 Å². The van der Waals surface area contributed by atoms with Crippen molar-refractivity contribution in [3.8, 4) is 0 Å². The molecule has 0 spiro atoms. The number of pyridine rings is 1. The van der Waals surface area contributed by atoms with Gasteiger partial charge in [0.15, 0.2) is 0 Å². The van der Waals surface area contributed by atoms with E-state index in [2.05, 4.69) is 10.3 Å². The molecule has 1 heterocycles. The van der Waals surface area contributed by atoms with Crippen LogP contribution >= 0.6 is 0 Å². The Morgan fingerprint density at radius 3 is 2.44 bits per heavy atom. The summed E-state index contributed by atoms with van der Waals surface area (Å²) in [6, 6.07) is 6.59. The van der Waals surface area contributed by atoms with Crippen molar-refractivity contribution in [2.45, 2.75) is 13.0 Å². The highest BCUT2D eigenvalue weighted by Gasteiger charge is 2.19. The highest BCUT2D eigenvalue weighted by Crippen LogP contribution is 2.18. The van der Waals surface area contributed by atoms with Gasteiger partial charge < -0.3 is 5.32 Å². The van der Waals surface area contributed by atoms with Crippen LogP contribution in [0.5, 0.6) is 0 Å². The molecule has 134 valence electrons. The molecule has 0 atom stereocenters. The number of amides is 1. The van der Waals surface area contributed by atoms with Crippen LogP contribution in [0.3, 0.4) is 0 Å². The first-order valence-corrected chi connectivity index (χ1v) is 9.20. The Hall–Kier alpha value is -2.39. The third kappa shape index (κ3) is 5.57. The number of carbonyl (C=O) groups excluding carboxylic acids is 1. The molecule has 0 aliphatic carbocycles. The van der Waals surface area contributed by atoms with E-state index < -0.39 is 33.3 Å². The van der Waals surface area contributed by atoms with Gasteiger partial charge in [0.2, 0.25) is 15.9 Å². The molecule has 0 bridgehead atoms. The number of aromatic nitrogens is 1. The number of hydrogen-bond acceptors (Lipinski definition) is 4. The molecule has 2 aromatic rings. The summed E-state index contributed by atoms with van der Waals surface area (Å²) in [4.78, 5) is 15.8. The SMILES string of the molecule is CS(=O)(=O)N(CCC(=O)Nc1c(F)cccc1F)Cc1cccnc1. The minimum absolute atomic E-state index is 0.0496. The van der Waals surface area contributed by atoms with Crippen molar-refractivity contribution in [2.75, 3.05) is 18.1 Å². The Morgan fingerprint density at radius 1 is 1.20 bits per heavy atom. The van der Waals surface area contributed by atoms with E-state index in [1.54, 1.807) is 18.3 Å². The average molecular weight is 369 g/mol. The fourth-order valence-electron chi connectivity index (χ4n) is 2.10. The predicted molar refractivity (Wildman–Crippen MR) is 89.1 cm³/mol. The number of benzene rings is 1. The highest BCUT2D eigenvalue weighted by atomic mass is 32.2. The van der Waals surface area contributed by atoms with Gasteiger partial charge in [-0.15, -0.1) is 0 Å². The van der Waals surface area contributed by atoms with Gasteiger partial charge in [-0.1, -0.05) is 12.1 Å². The number of nitrogens with zero attached hydrogens (tertiary/aromatic N) is 2. The van der Waals surface area contributed by atoms with Crippen molar-refractivity contribution < 1.29 is 22.0 Å². The van der Waals surface area contributed by atoms with E-state index in [0.29, 0.717) is 5.56 Å². The zero-order valence-electron chi connectivity index (χ0n) is 13.4. The maximum atomic E-state index is 13.5. The Labute approximate surface area is 144 Å². The lowest BCUT2D eigenvalue weighted by Crippen LogP contribution is -2.32. The summed E-state index contributed by atoms with van der Waals surface area (Å²) in [7, 11) is -3.57. The second kappa shape index (κ2) is 8.13. The molecule has 1 amide bonds. The second-order valence-electron chi connectivity index (χ2n) is 5.35. The van der Waals surface area contributed by atoms with Gasteiger partial charge >= 0.3 is 0 Å². The molecule has 0 fully saturated rings. The van der Waals surface area contributed by atoms with Gasteiger partial charge in [-0.3, -0.25) is 9.78 Å². The van der Waals surface area contributed by atoms with Crippen molar-refractivity contribution in [1.82, 2.24) is 9.29 Å². The van der Waals surface area contributed by atoms with E-state index >= 15 is 0 Å². The molecule has 0 aliphatic heterocycles. The first-order chi connectivity index (χ1) is 11.8. The predicted octanol–water partition coefficient (Wildman–Crippen LogP) is 2.15. The molecule has 2 rings (SSSR count). The summed E-state index contributed by atoms with van der Waals surface area (Å²) in [5, 5.41) is 2.13. The number of halogens is 2. The Balaban J connectivity index is 2.02. The normalized spacial score (nSPS) is 11.5. The van der Waals surface area contributed by atoms with Gasteiger partial charge in [-0.05, 0) is 23.8 Å².